The Balaban J connectivity index is 2.50. The van der Waals surface area contributed by atoms with Crippen LogP contribution in [-0.4, -0.2) is 15.9 Å². The molecule has 3 nitrogen and oxygen atoms in total. The molecule has 10 heteroatoms. The molecule has 1 aromatic carbocycles. The molecule has 178 valence electrons. The molecule has 1 atom stereocenters. The van der Waals surface area contributed by atoms with Crippen molar-refractivity contribution in [3.63, 3.8) is 0 Å². The molecule has 1 unspecified atom stereocenters. The van der Waals surface area contributed by atoms with Crippen LogP contribution in [0.5, 0.6) is 0 Å². The van der Waals surface area contributed by atoms with Crippen molar-refractivity contribution in [2.45, 2.75) is 87.3 Å². The summed E-state index contributed by atoms with van der Waals surface area (Å²) < 4.78 is 36.4. The standard InChI is InChI=1S/C21H29Cl4F3N2O/c1-2-3-4-5-6-7-8-9-10-11-18(31)30-19(20(23,24)25)29-17-13-12-15(14-16(17)22)21(26,27)28/h12-14,19,29H,2-11H2,1H3,(H,30,31). The van der Waals surface area contributed by atoms with Crippen LogP contribution in [-0.2, 0) is 11.0 Å². The first-order valence-electron chi connectivity index (χ1n) is 10.4. The van der Waals surface area contributed by atoms with Gasteiger partial charge in [0, 0.05) is 6.42 Å². The van der Waals surface area contributed by atoms with Crippen molar-refractivity contribution in [1.29, 1.82) is 0 Å². The van der Waals surface area contributed by atoms with Crippen molar-refractivity contribution < 1.29 is 18.0 Å². The molecule has 0 aliphatic rings. The zero-order valence-electron chi connectivity index (χ0n) is 17.4. The van der Waals surface area contributed by atoms with Gasteiger partial charge in [-0.05, 0) is 24.6 Å². The van der Waals surface area contributed by atoms with E-state index in [4.69, 9.17) is 46.4 Å². The lowest BCUT2D eigenvalue weighted by atomic mass is 10.1. The third kappa shape index (κ3) is 11.7. The van der Waals surface area contributed by atoms with E-state index >= 15 is 0 Å². The summed E-state index contributed by atoms with van der Waals surface area (Å²) in [6.07, 6.45) is 4.63. The fourth-order valence-electron chi connectivity index (χ4n) is 2.99. The summed E-state index contributed by atoms with van der Waals surface area (Å²) >= 11 is 23.7. The maximum atomic E-state index is 12.8. The number of carbonyl (C=O) groups is 1. The van der Waals surface area contributed by atoms with Gasteiger partial charge in [-0.25, -0.2) is 0 Å². The Kier molecular flexibility index (Phi) is 12.7. The van der Waals surface area contributed by atoms with Crippen LogP contribution in [0.1, 0.15) is 76.7 Å². The van der Waals surface area contributed by atoms with Crippen LogP contribution in [0.25, 0.3) is 0 Å². The zero-order valence-corrected chi connectivity index (χ0v) is 20.5. The number of carbonyl (C=O) groups excluding carboxylic acids is 1. The summed E-state index contributed by atoms with van der Waals surface area (Å²) in [7, 11) is 0. The minimum absolute atomic E-state index is 0.106. The maximum absolute atomic E-state index is 12.8. The number of nitrogens with one attached hydrogen (secondary N) is 2. The molecule has 0 aromatic heterocycles. The largest absolute Gasteiger partial charge is 0.416 e. The fourth-order valence-corrected chi connectivity index (χ4v) is 3.56. The normalized spacial score (nSPS) is 13.2. The molecular weight excluding hydrogens is 495 g/mol. The van der Waals surface area contributed by atoms with E-state index in [0.29, 0.717) is 6.42 Å². The quantitative estimate of drug-likeness (QED) is 0.154. The average molecular weight is 524 g/mol. The molecular formula is C21H29Cl4F3N2O. The van der Waals surface area contributed by atoms with Crippen LogP contribution in [0.4, 0.5) is 18.9 Å². The number of hydrogen-bond acceptors (Lipinski definition) is 2. The Morgan fingerprint density at radius 3 is 2.00 bits per heavy atom. The number of amides is 1. The highest BCUT2D eigenvalue weighted by molar-refractivity contribution is 6.68. The molecule has 2 N–H and O–H groups in total. The monoisotopic (exact) mass is 522 g/mol. The predicted octanol–water partition coefficient (Wildman–Crippen LogP) is 8.50. The Morgan fingerprint density at radius 2 is 1.52 bits per heavy atom. The van der Waals surface area contributed by atoms with Gasteiger partial charge in [0.25, 0.3) is 0 Å². The van der Waals surface area contributed by atoms with Gasteiger partial charge in [0.1, 0.15) is 6.17 Å². The Hall–Kier alpha value is -0.560. The summed E-state index contributed by atoms with van der Waals surface area (Å²) in [5.74, 6) is -0.324. The lowest BCUT2D eigenvalue weighted by Gasteiger charge is -2.28. The van der Waals surface area contributed by atoms with Gasteiger partial charge < -0.3 is 10.6 Å². The second-order valence-corrected chi connectivity index (χ2v) is 10.2. The topological polar surface area (TPSA) is 41.1 Å². The predicted molar refractivity (Wildman–Crippen MR) is 124 cm³/mol. The average Bonchev–Trinajstić information content (AvgIpc) is 2.66. The zero-order chi connectivity index (χ0) is 23.5. The smallest absolute Gasteiger partial charge is 0.361 e. The first kappa shape index (κ1) is 28.5. The van der Waals surface area contributed by atoms with Gasteiger partial charge in [-0.1, -0.05) is 105 Å². The van der Waals surface area contributed by atoms with Crippen molar-refractivity contribution >= 4 is 58.0 Å². The second-order valence-electron chi connectivity index (χ2n) is 7.46. The Labute approximate surface area is 202 Å². The summed E-state index contributed by atoms with van der Waals surface area (Å²) in [6, 6.07) is 2.75. The van der Waals surface area contributed by atoms with Crippen LogP contribution in [0.3, 0.4) is 0 Å². The first-order chi connectivity index (χ1) is 14.4. The molecule has 0 bridgehead atoms. The number of unbranched alkanes of at least 4 members (excludes halogenated alkanes) is 8. The summed E-state index contributed by atoms with van der Waals surface area (Å²) in [5, 5.41) is 5.07. The van der Waals surface area contributed by atoms with Crippen LogP contribution in [0.2, 0.25) is 5.02 Å². The molecule has 1 rings (SSSR count). The van der Waals surface area contributed by atoms with Gasteiger partial charge in [0.05, 0.1) is 16.3 Å². The van der Waals surface area contributed by atoms with E-state index in [-0.39, 0.29) is 23.0 Å². The van der Waals surface area contributed by atoms with E-state index in [0.717, 1.165) is 37.5 Å². The van der Waals surface area contributed by atoms with E-state index in [1.165, 1.54) is 32.1 Å². The minimum atomic E-state index is -4.53. The van der Waals surface area contributed by atoms with E-state index in [1.807, 2.05) is 0 Å². The van der Waals surface area contributed by atoms with Gasteiger partial charge in [-0.2, -0.15) is 13.2 Å². The van der Waals surface area contributed by atoms with Crippen molar-refractivity contribution in [3.8, 4) is 0 Å². The number of alkyl halides is 6. The first-order valence-corrected chi connectivity index (χ1v) is 12.0. The third-order valence-electron chi connectivity index (χ3n) is 4.74. The molecule has 0 fully saturated rings. The summed E-state index contributed by atoms with van der Waals surface area (Å²) in [6.45, 7) is 2.19. The van der Waals surface area contributed by atoms with Gasteiger partial charge in [-0.3, -0.25) is 4.79 Å². The van der Waals surface area contributed by atoms with Crippen molar-refractivity contribution in [2.75, 3.05) is 5.32 Å². The SMILES string of the molecule is CCCCCCCCCCCC(=O)NC(Nc1ccc(C(F)(F)F)cc1Cl)C(Cl)(Cl)Cl. The fraction of sp³-hybridized carbons (Fsp3) is 0.667. The third-order valence-corrected chi connectivity index (χ3v) is 5.70. The van der Waals surface area contributed by atoms with Crippen LogP contribution >= 0.6 is 46.4 Å². The van der Waals surface area contributed by atoms with Crippen LogP contribution in [0.15, 0.2) is 18.2 Å². The molecule has 0 heterocycles. The second kappa shape index (κ2) is 13.9. The van der Waals surface area contributed by atoms with Crippen LogP contribution in [0, 0.1) is 0 Å². The van der Waals surface area contributed by atoms with Crippen molar-refractivity contribution in [3.05, 3.63) is 28.8 Å². The highest BCUT2D eigenvalue weighted by Crippen LogP contribution is 2.36. The van der Waals surface area contributed by atoms with Gasteiger partial charge in [0.2, 0.25) is 9.70 Å². The van der Waals surface area contributed by atoms with E-state index in [1.54, 1.807) is 0 Å². The molecule has 0 radical (unpaired) electrons. The van der Waals surface area contributed by atoms with Crippen molar-refractivity contribution in [2.24, 2.45) is 0 Å². The van der Waals surface area contributed by atoms with E-state index in [2.05, 4.69) is 17.6 Å². The molecule has 0 aliphatic heterocycles. The lowest BCUT2D eigenvalue weighted by Crippen LogP contribution is -2.49. The van der Waals surface area contributed by atoms with Gasteiger partial charge in [-0.15, -0.1) is 0 Å². The number of benzene rings is 1. The number of anilines is 1. The van der Waals surface area contributed by atoms with E-state index in [9.17, 15) is 18.0 Å². The maximum Gasteiger partial charge on any atom is 0.416 e. The molecule has 31 heavy (non-hydrogen) atoms. The van der Waals surface area contributed by atoms with Crippen molar-refractivity contribution in [1.82, 2.24) is 5.32 Å². The van der Waals surface area contributed by atoms with Gasteiger partial charge >= 0.3 is 6.18 Å². The number of hydrogen-bond donors (Lipinski definition) is 2. The number of halogens is 7. The Bertz CT molecular complexity index is 682. The summed E-state index contributed by atoms with van der Waals surface area (Å²) in [4.78, 5) is 12.3. The molecule has 0 aliphatic carbocycles. The minimum Gasteiger partial charge on any atom is -0.361 e. The lowest BCUT2D eigenvalue weighted by molar-refractivity contribution is -0.137. The van der Waals surface area contributed by atoms with E-state index < -0.39 is 21.7 Å². The molecule has 0 saturated heterocycles. The van der Waals surface area contributed by atoms with Crippen LogP contribution < -0.4 is 10.6 Å². The highest BCUT2D eigenvalue weighted by Gasteiger charge is 2.35. The molecule has 1 amide bonds. The summed E-state index contributed by atoms with van der Waals surface area (Å²) in [5.41, 5.74) is -0.794. The Morgan fingerprint density at radius 1 is 0.968 bits per heavy atom. The molecule has 1 aromatic rings. The highest BCUT2D eigenvalue weighted by atomic mass is 35.6. The number of rotatable bonds is 13. The molecule has 0 saturated carbocycles. The molecule has 0 spiro atoms. The van der Waals surface area contributed by atoms with Gasteiger partial charge in [0.15, 0.2) is 0 Å².